The van der Waals surface area contributed by atoms with Gasteiger partial charge in [0.05, 0.1) is 32.5 Å². The zero-order valence-electron chi connectivity index (χ0n) is 18.9. The fourth-order valence-corrected chi connectivity index (χ4v) is 3.24. The minimum Gasteiger partial charge on any atom is -0.497 e. The van der Waals surface area contributed by atoms with Gasteiger partial charge in [0, 0.05) is 12.1 Å². The second kappa shape index (κ2) is 12.3. The van der Waals surface area contributed by atoms with E-state index in [9.17, 15) is 9.59 Å². The number of amides is 1. The molecular weight excluding hydrogens is 473 g/mol. The number of carbonyl (C=O) groups excluding carboxylic acids is 2. The summed E-state index contributed by atoms with van der Waals surface area (Å²) in [6.45, 7) is 5.51. The summed E-state index contributed by atoms with van der Waals surface area (Å²) in [5.74, 6) is 0.0779. The molecule has 178 valence electrons. The van der Waals surface area contributed by atoms with Gasteiger partial charge in [-0.2, -0.15) is 5.11 Å². The predicted octanol–water partition coefficient (Wildman–Crippen LogP) is 5.49. The van der Waals surface area contributed by atoms with Crippen LogP contribution in [0.1, 0.15) is 20.8 Å². The van der Waals surface area contributed by atoms with Crippen LogP contribution in [0.2, 0.25) is 10.0 Å². The number of ketones is 1. The van der Waals surface area contributed by atoms with Crippen LogP contribution in [0.5, 0.6) is 23.0 Å². The molecule has 9 nitrogen and oxygen atoms in total. The molecule has 0 fully saturated rings. The van der Waals surface area contributed by atoms with Gasteiger partial charge >= 0.3 is 0 Å². The van der Waals surface area contributed by atoms with Gasteiger partial charge in [-0.15, -0.1) is 5.11 Å². The van der Waals surface area contributed by atoms with Crippen LogP contribution in [0.15, 0.2) is 34.5 Å². The third-order valence-corrected chi connectivity index (χ3v) is 4.94. The Morgan fingerprint density at radius 1 is 1.00 bits per heavy atom. The van der Waals surface area contributed by atoms with E-state index in [1.165, 1.54) is 27.2 Å². The minimum absolute atomic E-state index is 0.134. The van der Waals surface area contributed by atoms with E-state index in [-0.39, 0.29) is 27.2 Å². The molecule has 0 aliphatic heterocycles. The molecule has 0 saturated carbocycles. The molecule has 2 aromatic rings. The average Bonchev–Trinajstić information content (AvgIpc) is 2.78. The van der Waals surface area contributed by atoms with E-state index in [0.717, 1.165) is 0 Å². The molecule has 0 heterocycles. The highest BCUT2D eigenvalue weighted by atomic mass is 35.5. The van der Waals surface area contributed by atoms with E-state index < -0.39 is 17.7 Å². The second-order valence-corrected chi connectivity index (χ2v) is 7.28. The third-order valence-electron chi connectivity index (χ3n) is 4.28. The topological polar surface area (TPSA) is 108 Å². The van der Waals surface area contributed by atoms with E-state index in [1.807, 2.05) is 0 Å². The Morgan fingerprint density at radius 2 is 1.64 bits per heavy atom. The van der Waals surface area contributed by atoms with Gasteiger partial charge in [-0.1, -0.05) is 23.2 Å². The largest absolute Gasteiger partial charge is 0.497 e. The van der Waals surface area contributed by atoms with Crippen LogP contribution in [-0.4, -0.2) is 45.2 Å². The van der Waals surface area contributed by atoms with Gasteiger partial charge < -0.3 is 24.3 Å². The standard InChI is InChI=1S/C22H25Cl2N3O6/c1-6-32-15-8-9-16(33-7-2)21(18(15)24)25-22(29)19(12(3)28)26-27-20-14(23)10-13(30-4)11-17(20)31-5/h8-11,19H,6-7H2,1-5H3,(H,25,29). The smallest absolute Gasteiger partial charge is 0.258 e. The fraction of sp³-hybridized carbons (Fsp3) is 0.364. The van der Waals surface area contributed by atoms with Gasteiger partial charge in [-0.25, -0.2) is 0 Å². The first-order chi connectivity index (χ1) is 15.8. The van der Waals surface area contributed by atoms with Crippen LogP contribution >= 0.6 is 23.2 Å². The lowest BCUT2D eigenvalue weighted by Crippen LogP contribution is -2.32. The van der Waals surface area contributed by atoms with Crippen molar-refractivity contribution < 1.29 is 28.5 Å². The molecule has 33 heavy (non-hydrogen) atoms. The zero-order valence-corrected chi connectivity index (χ0v) is 20.4. The van der Waals surface area contributed by atoms with Crippen LogP contribution < -0.4 is 24.3 Å². The molecule has 1 unspecified atom stereocenters. The number of methoxy groups -OCH3 is 2. The van der Waals surface area contributed by atoms with Crippen molar-refractivity contribution in [2.24, 2.45) is 10.2 Å². The highest BCUT2D eigenvalue weighted by molar-refractivity contribution is 6.36. The number of Topliss-reactive ketones (excluding diaryl/α,β-unsaturated/α-hetero) is 1. The second-order valence-electron chi connectivity index (χ2n) is 6.49. The number of carbonyl (C=O) groups is 2. The molecule has 0 aliphatic rings. The number of benzene rings is 2. The number of halogens is 2. The molecule has 11 heteroatoms. The summed E-state index contributed by atoms with van der Waals surface area (Å²) < 4.78 is 21.4. The van der Waals surface area contributed by atoms with Crippen molar-refractivity contribution in [2.75, 3.05) is 32.8 Å². The molecule has 0 bridgehead atoms. The Hall–Kier alpha value is -3.04. The van der Waals surface area contributed by atoms with Crippen LogP contribution in [-0.2, 0) is 9.59 Å². The summed E-state index contributed by atoms with van der Waals surface area (Å²) in [7, 11) is 2.90. The normalized spacial score (nSPS) is 11.7. The Labute approximate surface area is 202 Å². The molecule has 2 aromatic carbocycles. The first-order valence-corrected chi connectivity index (χ1v) is 10.7. The van der Waals surface area contributed by atoms with E-state index in [1.54, 1.807) is 32.0 Å². The number of nitrogens with one attached hydrogen (secondary N) is 1. The molecule has 1 amide bonds. The van der Waals surface area contributed by atoms with Crippen LogP contribution in [0.3, 0.4) is 0 Å². The van der Waals surface area contributed by atoms with Gasteiger partial charge in [-0.3, -0.25) is 9.59 Å². The number of rotatable bonds is 11. The van der Waals surface area contributed by atoms with Crippen molar-refractivity contribution in [3.05, 3.63) is 34.3 Å². The molecule has 0 spiro atoms. The summed E-state index contributed by atoms with van der Waals surface area (Å²) in [5.41, 5.74) is 0.307. The Balaban J connectivity index is 2.40. The van der Waals surface area contributed by atoms with Gasteiger partial charge in [-0.05, 0) is 32.9 Å². The Bertz CT molecular complexity index is 1050. The van der Waals surface area contributed by atoms with Gasteiger partial charge in [0.2, 0.25) is 6.04 Å². The summed E-state index contributed by atoms with van der Waals surface area (Å²) in [5, 5.41) is 10.8. The lowest BCUT2D eigenvalue weighted by atomic mass is 10.2. The highest BCUT2D eigenvalue weighted by Crippen LogP contribution is 2.41. The van der Waals surface area contributed by atoms with Crippen LogP contribution in [0.4, 0.5) is 11.4 Å². The number of hydrogen-bond acceptors (Lipinski definition) is 8. The van der Waals surface area contributed by atoms with Gasteiger partial charge in [0.1, 0.15) is 33.6 Å². The minimum atomic E-state index is -1.48. The van der Waals surface area contributed by atoms with E-state index in [2.05, 4.69) is 15.5 Å². The Morgan fingerprint density at radius 3 is 2.21 bits per heavy atom. The maximum absolute atomic E-state index is 13.0. The Kier molecular flexibility index (Phi) is 9.74. The molecule has 2 rings (SSSR count). The third kappa shape index (κ3) is 6.49. The van der Waals surface area contributed by atoms with Crippen molar-refractivity contribution >= 4 is 46.3 Å². The zero-order chi connectivity index (χ0) is 24.5. The lowest BCUT2D eigenvalue weighted by Gasteiger charge is -2.17. The average molecular weight is 498 g/mol. The molecule has 1 N–H and O–H groups in total. The van der Waals surface area contributed by atoms with Crippen molar-refractivity contribution in [2.45, 2.75) is 26.8 Å². The summed E-state index contributed by atoms with van der Waals surface area (Å²) in [6, 6.07) is 4.83. The van der Waals surface area contributed by atoms with Crippen molar-refractivity contribution in [3.8, 4) is 23.0 Å². The predicted molar refractivity (Wildman–Crippen MR) is 126 cm³/mol. The summed E-state index contributed by atoms with van der Waals surface area (Å²) >= 11 is 12.7. The maximum atomic E-state index is 13.0. The summed E-state index contributed by atoms with van der Waals surface area (Å²) in [4.78, 5) is 25.2. The maximum Gasteiger partial charge on any atom is 0.258 e. The SMILES string of the molecule is CCOc1ccc(OCC)c(NC(=O)C(N=Nc2c(Cl)cc(OC)cc2OC)C(C)=O)c1Cl. The molecule has 0 radical (unpaired) electrons. The first-order valence-electron chi connectivity index (χ1n) is 9.99. The van der Waals surface area contributed by atoms with Crippen LogP contribution in [0.25, 0.3) is 0 Å². The van der Waals surface area contributed by atoms with Crippen molar-refractivity contribution in [3.63, 3.8) is 0 Å². The molecule has 0 aliphatic carbocycles. The van der Waals surface area contributed by atoms with Crippen molar-refractivity contribution in [1.29, 1.82) is 0 Å². The molecule has 0 aromatic heterocycles. The molecule has 1 atom stereocenters. The van der Waals surface area contributed by atoms with E-state index in [0.29, 0.717) is 30.5 Å². The number of nitrogens with zero attached hydrogens (tertiary/aromatic N) is 2. The summed E-state index contributed by atoms with van der Waals surface area (Å²) in [6.07, 6.45) is 0. The van der Waals surface area contributed by atoms with E-state index >= 15 is 0 Å². The monoisotopic (exact) mass is 497 g/mol. The lowest BCUT2D eigenvalue weighted by molar-refractivity contribution is -0.126. The van der Waals surface area contributed by atoms with Crippen molar-refractivity contribution in [1.82, 2.24) is 0 Å². The van der Waals surface area contributed by atoms with E-state index in [4.69, 9.17) is 42.1 Å². The van der Waals surface area contributed by atoms with Crippen LogP contribution in [0, 0.1) is 0 Å². The quantitative estimate of drug-likeness (QED) is 0.324. The molecule has 0 saturated heterocycles. The highest BCUT2D eigenvalue weighted by Gasteiger charge is 2.26. The number of ether oxygens (including phenoxy) is 4. The first kappa shape index (κ1) is 26.2. The number of azo groups is 1. The number of anilines is 1. The van der Waals surface area contributed by atoms with Gasteiger partial charge in [0.25, 0.3) is 5.91 Å². The van der Waals surface area contributed by atoms with Gasteiger partial charge in [0.15, 0.2) is 11.5 Å². The number of hydrogen-bond donors (Lipinski definition) is 1. The fourth-order valence-electron chi connectivity index (χ4n) is 2.74. The molecular formula is C22H25Cl2N3O6.